The van der Waals surface area contributed by atoms with Crippen LogP contribution in [0.25, 0.3) is 0 Å². The third-order valence-corrected chi connectivity index (χ3v) is 3.79. The van der Waals surface area contributed by atoms with Crippen LogP contribution in [-0.4, -0.2) is 36.4 Å². The number of rotatable bonds is 7. The monoisotopic (exact) mass is 257 g/mol. The number of esters is 1. The molecular weight excluding hydrogens is 230 g/mol. The van der Waals surface area contributed by atoms with Gasteiger partial charge in [0.15, 0.2) is 0 Å². The number of ether oxygens (including phenoxy) is 1. The van der Waals surface area contributed by atoms with Crippen LogP contribution < -0.4 is 5.32 Å². The molecule has 0 aromatic carbocycles. The Bertz CT molecular complexity index is 237. The maximum atomic E-state index is 11.6. The van der Waals surface area contributed by atoms with E-state index >= 15 is 0 Å². The molecule has 1 aliphatic rings. The Morgan fingerprint density at radius 3 is 2.50 bits per heavy atom. The first-order valence-corrected chi connectivity index (χ1v) is 7.24. The molecule has 1 saturated carbocycles. The molecule has 1 fully saturated rings. The third-order valence-electron chi connectivity index (χ3n) is 3.79. The highest BCUT2D eigenvalue weighted by Gasteiger charge is 2.27. The molecule has 0 radical (unpaired) electrons. The Morgan fingerprint density at radius 2 is 2.00 bits per heavy atom. The SMILES string of the molecule is CCOC(=O)C1CCC(NC(CC)CCO)CC1. The van der Waals surface area contributed by atoms with Gasteiger partial charge >= 0.3 is 5.97 Å². The fraction of sp³-hybridized carbons (Fsp3) is 0.929. The molecule has 1 atom stereocenters. The molecule has 0 amide bonds. The minimum absolute atomic E-state index is 0.0293. The predicted molar refractivity (Wildman–Crippen MR) is 71.3 cm³/mol. The van der Waals surface area contributed by atoms with Gasteiger partial charge in [0, 0.05) is 18.7 Å². The normalized spacial score (nSPS) is 25.7. The molecule has 4 heteroatoms. The van der Waals surface area contributed by atoms with Crippen LogP contribution in [0.1, 0.15) is 52.4 Å². The summed E-state index contributed by atoms with van der Waals surface area (Å²) < 4.78 is 5.07. The molecule has 0 aliphatic heterocycles. The van der Waals surface area contributed by atoms with Crippen molar-refractivity contribution < 1.29 is 14.6 Å². The molecule has 18 heavy (non-hydrogen) atoms. The highest BCUT2D eigenvalue weighted by atomic mass is 16.5. The van der Waals surface area contributed by atoms with Gasteiger partial charge in [0.05, 0.1) is 12.5 Å². The standard InChI is InChI=1S/C14H27NO3/c1-3-12(9-10-16)15-13-7-5-11(6-8-13)14(17)18-4-2/h11-13,15-16H,3-10H2,1-2H3. The van der Waals surface area contributed by atoms with Crippen molar-refractivity contribution in [1.29, 1.82) is 0 Å². The van der Waals surface area contributed by atoms with Crippen LogP contribution in [0.5, 0.6) is 0 Å². The van der Waals surface area contributed by atoms with Gasteiger partial charge in [0.2, 0.25) is 0 Å². The summed E-state index contributed by atoms with van der Waals surface area (Å²) in [5, 5.41) is 12.6. The number of hydrogen-bond acceptors (Lipinski definition) is 4. The summed E-state index contributed by atoms with van der Waals surface area (Å²) >= 11 is 0. The molecule has 4 nitrogen and oxygen atoms in total. The van der Waals surface area contributed by atoms with Crippen molar-refractivity contribution in [3.8, 4) is 0 Å². The topological polar surface area (TPSA) is 58.6 Å². The van der Waals surface area contributed by atoms with E-state index < -0.39 is 0 Å². The van der Waals surface area contributed by atoms with Gasteiger partial charge in [-0.05, 0) is 45.4 Å². The quantitative estimate of drug-likeness (QED) is 0.683. The zero-order chi connectivity index (χ0) is 13.4. The van der Waals surface area contributed by atoms with Crippen molar-refractivity contribution in [1.82, 2.24) is 5.32 Å². The second-order valence-electron chi connectivity index (χ2n) is 5.08. The van der Waals surface area contributed by atoms with E-state index in [9.17, 15) is 4.79 Å². The van der Waals surface area contributed by atoms with Gasteiger partial charge in [-0.2, -0.15) is 0 Å². The molecule has 0 saturated heterocycles. The number of carbonyl (C=O) groups excluding carboxylic acids is 1. The second kappa shape index (κ2) is 8.48. The van der Waals surface area contributed by atoms with Gasteiger partial charge in [-0.1, -0.05) is 6.92 Å². The molecular formula is C14H27NO3. The summed E-state index contributed by atoms with van der Waals surface area (Å²) in [5.41, 5.74) is 0. The first-order chi connectivity index (χ1) is 8.71. The van der Waals surface area contributed by atoms with E-state index in [1.807, 2.05) is 6.92 Å². The lowest BCUT2D eigenvalue weighted by molar-refractivity contribution is -0.149. The van der Waals surface area contributed by atoms with Crippen molar-refractivity contribution in [3.05, 3.63) is 0 Å². The van der Waals surface area contributed by atoms with Gasteiger partial charge in [-0.3, -0.25) is 4.79 Å². The van der Waals surface area contributed by atoms with E-state index in [1.54, 1.807) is 0 Å². The average molecular weight is 257 g/mol. The van der Waals surface area contributed by atoms with Gasteiger partial charge in [-0.15, -0.1) is 0 Å². The zero-order valence-electron chi connectivity index (χ0n) is 11.7. The van der Waals surface area contributed by atoms with E-state index in [1.165, 1.54) is 0 Å². The van der Waals surface area contributed by atoms with E-state index in [0.717, 1.165) is 38.5 Å². The fourth-order valence-corrected chi connectivity index (χ4v) is 2.65. The number of hydrogen-bond donors (Lipinski definition) is 2. The minimum atomic E-state index is -0.0293. The molecule has 0 spiro atoms. The van der Waals surface area contributed by atoms with Crippen molar-refractivity contribution in [2.45, 2.75) is 64.5 Å². The largest absolute Gasteiger partial charge is 0.466 e. The maximum Gasteiger partial charge on any atom is 0.308 e. The summed E-state index contributed by atoms with van der Waals surface area (Å²) in [6.07, 6.45) is 5.77. The smallest absolute Gasteiger partial charge is 0.308 e. The van der Waals surface area contributed by atoms with Crippen LogP contribution in [0.15, 0.2) is 0 Å². The summed E-state index contributed by atoms with van der Waals surface area (Å²) in [6, 6.07) is 0.895. The summed E-state index contributed by atoms with van der Waals surface area (Å²) in [5.74, 6) is 0.0688. The molecule has 1 unspecified atom stereocenters. The Hall–Kier alpha value is -0.610. The summed E-state index contributed by atoms with van der Waals surface area (Å²) in [6.45, 7) is 4.71. The predicted octanol–water partition coefficient (Wildman–Crippen LogP) is 1.86. The molecule has 106 valence electrons. The second-order valence-corrected chi connectivity index (χ2v) is 5.08. The fourth-order valence-electron chi connectivity index (χ4n) is 2.65. The summed E-state index contributed by atoms with van der Waals surface area (Å²) in [4.78, 5) is 11.6. The van der Waals surface area contributed by atoms with Crippen LogP contribution in [-0.2, 0) is 9.53 Å². The van der Waals surface area contributed by atoms with Crippen LogP contribution >= 0.6 is 0 Å². The third kappa shape index (κ3) is 4.94. The zero-order valence-corrected chi connectivity index (χ0v) is 11.7. The van der Waals surface area contributed by atoms with Gasteiger partial charge < -0.3 is 15.2 Å². The van der Waals surface area contributed by atoms with Crippen LogP contribution in [0.2, 0.25) is 0 Å². The van der Waals surface area contributed by atoms with E-state index in [0.29, 0.717) is 18.7 Å². The van der Waals surface area contributed by atoms with Crippen molar-refractivity contribution in [2.75, 3.05) is 13.2 Å². The molecule has 1 aliphatic carbocycles. The lowest BCUT2D eigenvalue weighted by Crippen LogP contribution is -2.41. The summed E-state index contributed by atoms with van der Waals surface area (Å²) in [7, 11) is 0. The lowest BCUT2D eigenvalue weighted by Gasteiger charge is -2.31. The van der Waals surface area contributed by atoms with Crippen molar-refractivity contribution in [2.24, 2.45) is 5.92 Å². The number of carbonyl (C=O) groups is 1. The Balaban J connectivity index is 2.28. The van der Waals surface area contributed by atoms with Crippen molar-refractivity contribution >= 4 is 5.97 Å². The van der Waals surface area contributed by atoms with E-state index in [2.05, 4.69) is 12.2 Å². The molecule has 2 N–H and O–H groups in total. The lowest BCUT2D eigenvalue weighted by atomic mass is 9.85. The number of nitrogens with one attached hydrogen (secondary N) is 1. The molecule has 0 bridgehead atoms. The van der Waals surface area contributed by atoms with Gasteiger partial charge in [-0.25, -0.2) is 0 Å². The molecule has 1 rings (SSSR count). The minimum Gasteiger partial charge on any atom is -0.466 e. The van der Waals surface area contributed by atoms with E-state index in [4.69, 9.17) is 9.84 Å². The van der Waals surface area contributed by atoms with Crippen LogP contribution in [0.3, 0.4) is 0 Å². The molecule has 0 aromatic rings. The molecule has 0 aromatic heterocycles. The van der Waals surface area contributed by atoms with Gasteiger partial charge in [0.25, 0.3) is 0 Å². The Kier molecular flexibility index (Phi) is 7.28. The number of aliphatic hydroxyl groups is 1. The molecule has 0 heterocycles. The first kappa shape index (κ1) is 15.4. The maximum absolute atomic E-state index is 11.6. The Morgan fingerprint density at radius 1 is 1.33 bits per heavy atom. The van der Waals surface area contributed by atoms with Gasteiger partial charge in [0.1, 0.15) is 0 Å². The van der Waals surface area contributed by atoms with Crippen LogP contribution in [0.4, 0.5) is 0 Å². The van der Waals surface area contributed by atoms with E-state index in [-0.39, 0.29) is 18.5 Å². The van der Waals surface area contributed by atoms with Crippen LogP contribution in [0, 0.1) is 5.92 Å². The highest BCUT2D eigenvalue weighted by Crippen LogP contribution is 2.26. The first-order valence-electron chi connectivity index (χ1n) is 7.24. The van der Waals surface area contributed by atoms with Crippen molar-refractivity contribution in [3.63, 3.8) is 0 Å². The highest BCUT2D eigenvalue weighted by molar-refractivity contribution is 5.72. The average Bonchev–Trinajstić information content (AvgIpc) is 2.39. The number of aliphatic hydroxyl groups excluding tert-OH is 1. The Labute approximate surface area is 110 Å².